The van der Waals surface area contributed by atoms with Gasteiger partial charge in [0, 0.05) is 5.56 Å². The molecule has 0 amide bonds. The first-order chi connectivity index (χ1) is 6.95. The third-order valence-corrected chi connectivity index (χ3v) is 1.98. The minimum Gasteiger partial charge on any atom is -0.412 e. The topological polar surface area (TPSA) is 147 Å². The van der Waals surface area contributed by atoms with Gasteiger partial charge in [-0.1, -0.05) is 32.4 Å². The molecule has 0 atom stereocenters. The molecule has 0 aromatic carbocycles. The Hall–Kier alpha value is -0.990. The second kappa shape index (κ2) is 7.31. The molecule has 0 aliphatic heterocycles. The van der Waals surface area contributed by atoms with E-state index in [0.29, 0.717) is 11.0 Å². The molecule has 0 bridgehead atoms. The molecule has 0 saturated carbocycles. The van der Waals surface area contributed by atoms with E-state index in [4.69, 9.17) is 17.4 Å². The summed E-state index contributed by atoms with van der Waals surface area (Å²) in [7, 11) is 0. The molecule has 0 aliphatic carbocycles. The highest BCUT2D eigenvalue weighted by Crippen LogP contribution is 2.28. The molecule has 0 aliphatic rings. The molecule has 8 heteroatoms. The summed E-state index contributed by atoms with van der Waals surface area (Å²) in [5.41, 5.74) is 3.31. The molecule has 94 valence electrons. The minimum absolute atomic E-state index is 0. The zero-order chi connectivity index (χ0) is 12.1. The van der Waals surface area contributed by atoms with Crippen molar-refractivity contribution in [1.82, 2.24) is 10.2 Å². The summed E-state index contributed by atoms with van der Waals surface area (Å²) in [4.78, 5) is 0. The Kier molecular flexibility index (Phi) is 7.95. The Morgan fingerprint density at radius 1 is 1.25 bits per heavy atom. The molecule has 9 N–H and O–H groups in total. The van der Waals surface area contributed by atoms with Gasteiger partial charge < -0.3 is 10.9 Å². The molecule has 1 heterocycles. The Bertz CT molecular complexity index is 314. The van der Waals surface area contributed by atoms with Gasteiger partial charge in [0.1, 0.15) is 0 Å². The number of nitrogens with zero attached hydrogens (tertiary/aromatic N) is 2. The Labute approximate surface area is 99.6 Å². The maximum absolute atomic E-state index is 5.90. The summed E-state index contributed by atoms with van der Waals surface area (Å²) in [6.45, 7) is 6.16. The summed E-state index contributed by atoms with van der Waals surface area (Å²) in [6, 6.07) is 1.80. The van der Waals surface area contributed by atoms with Crippen LogP contribution in [0.3, 0.4) is 0 Å². The lowest BCUT2D eigenvalue weighted by molar-refractivity contribution is 0.585. The average molecular weight is 251 g/mol. The predicted octanol–water partition coefficient (Wildman–Crippen LogP) is -0.293. The molecular weight excluding hydrogens is 232 g/mol. The Morgan fingerprint density at radius 3 is 2.12 bits per heavy atom. The van der Waals surface area contributed by atoms with E-state index in [-0.39, 0.29) is 10.9 Å². The van der Waals surface area contributed by atoms with Crippen LogP contribution in [0.5, 0.6) is 0 Å². The maximum Gasteiger partial charge on any atom is 0.163 e. The minimum atomic E-state index is -0.0569. The number of rotatable bonds is 1. The zero-order valence-electron chi connectivity index (χ0n) is 9.58. The van der Waals surface area contributed by atoms with Crippen LogP contribution in [-0.4, -0.2) is 15.7 Å². The van der Waals surface area contributed by atoms with Crippen LogP contribution in [0.1, 0.15) is 26.3 Å². The van der Waals surface area contributed by atoms with Crippen molar-refractivity contribution < 1.29 is 5.48 Å². The molecule has 0 unspecified atom stereocenters. The van der Waals surface area contributed by atoms with E-state index in [1.807, 2.05) is 0 Å². The summed E-state index contributed by atoms with van der Waals surface area (Å²) in [5.74, 6) is 13.7. The quantitative estimate of drug-likeness (QED) is 0.398. The summed E-state index contributed by atoms with van der Waals surface area (Å²) in [5, 5.41) is 7.96. The Morgan fingerprint density at radius 2 is 1.75 bits per heavy atom. The highest BCUT2D eigenvalue weighted by Gasteiger charge is 2.19. The van der Waals surface area contributed by atoms with Crippen molar-refractivity contribution in [3.63, 3.8) is 0 Å². The number of nitrogen functional groups attached to an aromatic ring is 1. The first-order valence-corrected chi connectivity index (χ1v) is 4.66. The van der Waals surface area contributed by atoms with Crippen molar-refractivity contribution in [3.05, 3.63) is 16.8 Å². The molecule has 1 aromatic rings. The van der Waals surface area contributed by atoms with E-state index in [1.165, 1.54) is 0 Å². The lowest BCUT2D eigenvalue weighted by Crippen LogP contribution is -2.16. The van der Waals surface area contributed by atoms with Crippen LogP contribution in [0, 0.1) is 0 Å². The second-order valence-electron chi connectivity index (χ2n) is 3.83. The van der Waals surface area contributed by atoms with Crippen LogP contribution in [-0.2, 0) is 5.41 Å². The van der Waals surface area contributed by atoms with Crippen molar-refractivity contribution >= 4 is 17.4 Å². The molecule has 1 rings (SSSR count). The van der Waals surface area contributed by atoms with Crippen molar-refractivity contribution in [2.75, 3.05) is 5.43 Å². The van der Waals surface area contributed by atoms with E-state index in [2.05, 4.69) is 48.1 Å². The molecule has 0 saturated heterocycles. The number of hydrazine groups is 2. The molecule has 16 heavy (non-hydrogen) atoms. The fraction of sp³-hybridized carbons (Fsp3) is 0.500. The third-order valence-electron chi connectivity index (χ3n) is 1.70. The van der Waals surface area contributed by atoms with Gasteiger partial charge in [0.2, 0.25) is 0 Å². The largest absolute Gasteiger partial charge is 0.412 e. The summed E-state index contributed by atoms with van der Waals surface area (Å²) >= 11 is 5.90. The normalized spacial score (nSPS) is 9.69. The standard InChI is InChI=1S/C8H13ClN4.H4N2.H2O/c1-8(2,3)5-4-6(11-10)12-13-7(5)9;1-2;/h4H,10H2,1-3H3,(H,11,12);1-2H2;1H2. The van der Waals surface area contributed by atoms with E-state index in [9.17, 15) is 0 Å². The molecule has 0 radical (unpaired) electrons. The maximum atomic E-state index is 5.90. The fourth-order valence-electron chi connectivity index (χ4n) is 0.973. The van der Waals surface area contributed by atoms with Crippen molar-refractivity contribution in [2.24, 2.45) is 17.5 Å². The molecule has 0 fully saturated rings. The number of anilines is 1. The van der Waals surface area contributed by atoms with E-state index < -0.39 is 0 Å². The second-order valence-corrected chi connectivity index (χ2v) is 4.19. The zero-order valence-corrected chi connectivity index (χ0v) is 10.3. The number of halogens is 1. The van der Waals surface area contributed by atoms with E-state index in [1.54, 1.807) is 6.07 Å². The van der Waals surface area contributed by atoms with Gasteiger partial charge in [-0.15, -0.1) is 10.2 Å². The number of hydrogen-bond donors (Lipinski definition) is 4. The molecular formula is C8H19ClN6O. The lowest BCUT2D eigenvalue weighted by Gasteiger charge is -2.19. The fourth-order valence-corrected chi connectivity index (χ4v) is 1.35. The number of nitrogens with one attached hydrogen (secondary N) is 1. The first kappa shape index (κ1) is 17.4. The van der Waals surface area contributed by atoms with Gasteiger partial charge in [-0.05, 0) is 11.5 Å². The van der Waals surface area contributed by atoms with Gasteiger partial charge >= 0.3 is 0 Å². The molecule has 0 spiro atoms. The van der Waals surface area contributed by atoms with E-state index in [0.717, 1.165) is 5.56 Å². The van der Waals surface area contributed by atoms with Crippen LogP contribution in [0.4, 0.5) is 5.82 Å². The highest BCUT2D eigenvalue weighted by atomic mass is 35.5. The van der Waals surface area contributed by atoms with Crippen molar-refractivity contribution in [2.45, 2.75) is 26.2 Å². The van der Waals surface area contributed by atoms with Crippen LogP contribution in [0.15, 0.2) is 6.07 Å². The number of hydrogen-bond acceptors (Lipinski definition) is 6. The average Bonchev–Trinajstić information content (AvgIpc) is 2.20. The van der Waals surface area contributed by atoms with Crippen molar-refractivity contribution in [3.8, 4) is 0 Å². The van der Waals surface area contributed by atoms with Crippen LogP contribution in [0.2, 0.25) is 5.15 Å². The smallest absolute Gasteiger partial charge is 0.163 e. The predicted molar refractivity (Wildman–Crippen MR) is 65.5 cm³/mol. The van der Waals surface area contributed by atoms with Crippen LogP contribution < -0.4 is 23.0 Å². The van der Waals surface area contributed by atoms with Crippen molar-refractivity contribution in [1.29, 1.82) is 0 Å². The lowest BCUT2D eigenvalue weighted by atomic mass is 9.88. The van der Waals surface area contributed by atoms with Gasteiger partial charge in [-0.2, -0.15) is 0 Å². The van der Waals surface area contributed by atoms with Crippen LogP contribution >= 0.6 is 11.6 Å². The molecule has 7 nitrogen and oxygen atoms in total. The van der Waals surface area contributed by atoms with Gasteiger partial charge in [0.15, 0.2) is 11.0 Å². The van der Waals surface area contributed by atoms with Crippen LogP contribution in [0.25, 0.3) is 0 Å². The Balaban J connectivity index is 0. The summed E-state index contributed by atoms with van der Waals surface area (Å²) in [6.07, 6.45) is 0. The SMILES string of the molecule is CC(C)(C)c1cc(NN)nnc1Cl.NN.O. The van der Waals surface area contributed by atoms with Gasteiger partial charge in [-0.25, -0.2) is 5.84 Å². The van der Waals surface area contributed by atoms with Gasteiger partial charge in [0.05, 0.1) is 0 Å². The third kappa shape index (κ3) is 4.69. The first-order valence-electron chi connectivity index (χ1n) is 4.29. The number of nitrogens with two attached hydrogens (primary N) is 3. The van der Waals surface area contributed by atoms with E-state index >= 15 is 0 Å². The van der Waals surface area contributed by atoms with Gasteiger partial charge in [0.25, 0.3) is 0 Å². The highest BCUT2D eigenvalue weighted by molar-refractivity contribution is 6.30. The summed E-state index contributed by atoms with van der Waals surface area (Å²) < 4.78 is 0. The van der Waals surface area contributed by atoms with Gasteiger partial charge in [-0.3, -0.25) is 11.7 Å². The monoisotopic (exact) mass is 250 g/mol. The molecule has 1 aromatic heterocycles. The number of aromatic nitrogens is 2.